The van der Waals surface area contributed by atoms with Crippen LogP contribution in [0.1, 0.15) is 36.1 Å². The number of nitrogens with one attached hydrogen (secondary N) is 1. The van der Waals surface area contributed by atoms with Gasteiger partial charge in [-0.3, -0.25) is 10.1 Å². The number of hydrogen-bond acceptors (Lipinski definition) is 6. The van der Waals surface area contributed by atoms with E-state index in [1.165, 1.54) is 12.3 Å². The summed E-state index contributed by atoms with van der Waals surface area (Å²) in [4.78, 5) is 30.7. The SMILES string of the molecule is CCOC(=O)c1cnc(-c2cc([N+](=O)[O-])c3[nH]c(CC(C)C)cc3c2)s1. The van der Waals surface area contributed by atoms with Crippen LogP contribution in [0.25, 0.3) is 21.5 Å². The van der Waals surface area contributed by atoms with Gasteiger partial charge in [0, 0.05) is 22.7 Å². The minimum absolute atomic E-state index is 0.000362. The Morgan fingerprint density at radius 1 is 1.38 bits per heavy atom. The van der Waals surface area contributed by atoms with Gasteiger partial charge < -0.3 is 9.72 Å². The van der Waals surface area contributed by atoms with E-state index in [-0.39, 0.29) is 12.3 Å². The molecule has 3 aromatic rings. The number of aromatic amines is 1. The number of nitrogens with zero attached hydrogens (tertiary/aromatic N) is 2. The van der Waals surface area contributed by atoms with Crippen molar-refractivity contribution in [2.75, 3.05) is 6.61 Å². The Labute approximate surface area is 154 Å². The van der Waals surface area contributed by atoms with Gasteiger partial charge in [-0.25, -0.2) is 9.78 Å². The highest BCUT2D eigenvalue weighted by molar-refractivity contribution is 7.16. The van der Waals surface area contributed by atoms with E-state index in [9.17, 15) is 14.9 Å². The Hall–Kier alpha value is -2.74. The van der Waals surface area contributed by atoms with Crippen molar-refractivity contribution in [3.05, 3.63) is 45.1 Å². The maximum atomic E-state index is 11.8. The number of nitro benzene ring substituents is 1. The largest absolute Gasteiger partial charge is 0.462 e. The van der Waals surface area contributed by atoms with Crippen LogP contribution in [0.5, 0.6) is 0 Å². The molecule has 0 saturated heterocycles. The highest BCUT2D eigenvalue weighted by Crippen LogP contribution is 2.34. The number of ether oxygens (including phenoxy) is 1. The zero-order valence-electron chi connectivity index (χ0n) is 14.7. The smallest absolute Gasteiger partial charge is 0.349 e. The molecule has 7 nitrogen and oxygen atoms in total. The molecule has 26 heavy (non-hydrogen) atoms. The maximum Gasteiger partial charge on any atom is 0.349 e. The first-order chi connectivity index (χ1) is 12.4. The molecule has 1 aromatic carbocycles. The second kappa shape index (κ2) is 7.25. The van der Waals surface area contributed by atoms with Crippen molar-refractivity contribution in [2.24, 2.45) is 5.92 Å². The Morgan fingerprint density at radius 3 is 2.81 bits per heavy atom. The van der Waals surface area contributed by atoms with Crippen molar-refractivity contribution in [1.29, 1.82) is 0 Å². The Balaban J connectivity index is 2.06. The number of fused-ring (bicyclic) bond motifs is 1. The van der Waals surface area contributed by atoms with E-state index in [1.54, 1.807) is 6.92 Å². The number of aromatic nitrogens is 2. The van der Waals surface area contributed by atoms with Crippen molar-refractivity contribution in [3.63, 3.8) is 0 Å². The molecule has 8 heteroatoms. The molecule has 0 bridgehead atoms. The van der Waals surface area contributed by atoms with Crippen LogP contribution in [0.4, 0.5) is 5.69 Å². The van der Waals surface area contributed by atoms with Gasteiger partial charge in [0.05, 0.1) is 17.7 Å². The molecule has 0 aliphatic heterocycles. The van der Waals surface area contributed by atoms with Crippen LogP contribution >= 0.6 is 11.3 Å². The number of rotatable bonds is 6. The summed E-state index contributed by atoms with van der Waals surface area (Å²) in [5, 5.41) is 12.8. The van der Waals surface area contributed by atoms with E-state index >= 15 is 0 Å². The lowest BCUT2D eigenvalue weighted by Gasteiger charge is -2.00. The average Bonchev–Trinajstić information content (AvgIpc) is 3.19. The lowest BCUT2D eigenvalue weighted by Crippen LogP contribution is -2.01. The zero-order valence-corrected chi connectivity index (χ0v) is 15.6. The molecule has 0 aliphatic rings. The van der Waals surface area contributed by atoms with Crippen LogP contribution < -0.4 is 0 Å². The van der Waals surface area contributed by atoms with Crippen molar-refractivity contribution < 1.29 is 14.5 Å². The first kappa shape index (κ1) is 18.1. The standard InChI is InChI=1S/C18H19N3O4S/c1-4-25-18(22)15-9-19-17(26-15)12-6-11-7-13(5-10(2)3)20-16(11)14(8-12)21(23)24/h6-10,20H,4-5H2,1-3H3. The number of thiazole rings is 1. The third-order valence-electron chi connectivity index (χ3n) is 3.82. The molecule has 0 saturated carbocycles. The first-order valence-electron chi connectivity index (χ1n) is 8.32. The van der Waals surface area contributed by atoms with Crippen molar-refractivity contribution in [2.45, 2.75) is 27.2 Å². The summed E-state index contributed by atoms with van der Waals surface area (Å²) >= 11 is 1.16. The average molecular weight is 373 g/mol. The molecule has 0 aliphatic carbocycles. The van der Waals surface area contributed by atoms with Crippen LogP contribution in [0, 0.1) is 16.0 Å². The topological polar surface area (TPSA) is 98.1 Å². The third kappa shape index (κ3) is 3.60. The Kier molecular flexibility index (Phi) is 5.03. The summed E-state index contributed by atoms with van der Waals surface area (Å²) in [5.41, 5.74) is 2.08. The minimum atomic E-state index is -0.437. The highest BCUT2D eigenvalue weighted by Gasteiger charge is 2.20. The number of esters is 1. The Morgan fingerprint density at radius 2 is 2.15 bits per heavy atom. The molecule has 0 unspecified atom stereocenters. The van der Waals surface area contributed by atoms with Crippen LogP contribution in [0.15, 0.2) is 24.4 Å². The molecular weight excluding hydrogens is 354 g/mol. The van der Waals surface area contributed by atoms with Gasteiger partial charge in [-0.1, -0.05) is 13.8 Å². The fraction of sp³-hybridized carbons (Fsp3) is 0.333. The van der Waals surface area contributed by atoms with Crippen molar-refractivity contribution in [3.8, 4) is 10.6 Å². The molecule has 0 radical (unpaired) electrons. The van der Waals surface area contributed by atoms with Crippen LogP contribution in [-0.4, -0.2) is 27.5 Å². The summed E-state index contributed by atoms with van der Waals surface area (Å²) in [6, 6.07) is 5.29. The highest BCUT2D eigenvalue weighted by atomic mass is 32.1. The lowest BCUT2D eigenvalue weighted by molar-refractivity contribution is -0.383. The maximum absolute atomic E-state index is 11.8. The van der Waals surface area contributed by atoms with Gasteiger partial charge in [-0.05, 0) is 31.4 Å². The van der Waals surface area contributed by atoms with Crippen LogP contribution in [0.2, 0.25) is 0 Å². The van der Waals surface area contributed by atoms with E-state index in [2.05, 4.69) is 23.8 Å². The van der Waals surface area contributed by atoms with Gasteiger partial charge in [0.15, 0.2) is 0 Å². The van der Waals surface area contributed by atoms with E-state index < -0.39 is 10.9 Å². The minimum Gasteiger partial charge on any atom is -0.462 e. The molecule has 0 spiro atoms. The van der Waals surface area contributed by atoms with Gasteiger partial charge >= 0.3 is 5.97 Å². The third-order valence-corrected chi connectivity index (χ3v) is 4.84. The summed E-state index contributed by atoms with van der Waals surface area (Å²) in [7, 11) is 0. The molecule has 2 aromatic heterocycles. The molecule has 0 atom stereocenters. The number of hydrogen-bond donors (Lipinski definition) is 1. The van der Waals surface area contributed by atoms with E-state index in [4.69, 9.17) is 4.74 Å². The summed E-state index contributed by atoms with van der Waals surface area (Å²) in [5.74, 6) is 0.000351. The fourth-order valence-electron chi connectivity index (χ4n) is 2.80. The van der Waals surface area contributed by atoms with Gasteiger partial charge in [-0.2, -0.15) is 0 Å². The van der Waals surface area contributed by atoms with E-state index in [0.717, 1.165) is 28.8 Å². The predicted octanol–water partition coefficient (Wildman–Crippen LogP) is 4.57. The van der Waals surface area contributed by atoms with Gasteiger partial charge in [0.2, 0.25) is 0 Å². The van der Waals surface area contributed by atoms with E-state index in [1.807, 2.05) is 12.1 Å². The summed E-state index contributed by atoms with van der Waals surface area (Å²) < 4.78 is 4.97. The number of nitro groups is 1. The number of carbonyl (C=O) groups excluding carboxylic acids is 1. The van der Waals surface area contributed by atoms with Crippen LogP contribution in [0.3, 0.4) is 0 Å². The Bertz CT molecular complexity index is 974. The molecule has 0 amide bonds. The van der Waals surface area contributed by atoms with Gasteiger partial charge in [-0.15, -0.1) is 11.3 Å². The summed E-state index contributed by atoms with van der Waals surface area (Å²) in [6.07, 6.45) is 2.25. The monoisotopic (exact) mass is 373 g/mol. The summed E-state index contributed by atoms with van der Waals surface area (Å²) in [6.45, 7) is 6.21. The van der Waals surface area contributed by atoms with Crippen molar-refractivity contribution in [1.82, 2.24) is 9.97 Å². The predicted molar refractivity (Wildman–Crippen MR) is 101 cm³/mol. The molecular formula is C18H19N3O4S. The molecule has 3 rings (SSSR count). The normalized spacial score (nSPS) is 11.2. The number of benzene rings is 1. The second-order valence-corrected chi connectivity index (χ2v) is 7.39. The molecule has 0 fully saturated rings. The van der Waals surface area contributed by atoms with E-state index in [0.29, 0.717) is 26.9 Å². The molecule has 2 heterocycles. The number of H-pyrrole nitrogens is 1. The number of carbonyl (C=O) groups is 1. The quantitative estimate of drug-likeness (QED) is 0.387. The van der Waals surface area contributed by atoms with Crippen LogP contribution in [-0.2, 0) is 11.2 Å². The van der Waals surface area contributed by atoms with Gasteiger partial charge in [0.1, 0.15) is 15.4 Å². The zero-order chi connectivity index (χ0) is 18.8. The number of non-ortho nitro benzene ring substituents is 1. The lowest BCUT2D eigenvalue weighted by atomic mass is 10.1. The molecule has 136 valence electrons. The first-order valence-corrected chi connectivity index (χ1v) is 9.14. The second-order valence-electron chi connectivity index (χ2n) is 6.36. The van der Waals surface area contributed by atoms with Gasteiger partial charge in [0.25, 0.3) is 5.69 Å². The molecule has 1 N–H and O–H groups in total. The van der Waals surface area contributed by atoms with Crippen molar-refractivity contribution >= 4 is 33.9 Å². The fourth-order valence-corrected chi connectivity index (χ4v) is 3.60.